The first-order chi connectivity index (χ1) is 8.16. The monoisotopic (exact) mass is 238 g/mol. The van der Waals surface area contributed by atoms with Crippen LogP contribution in [0.25, 0.3) is 0 Å². The van der Waals surface area contributed by atoms with Crippen molar-refractivity contribution < 1.29 is 14.3 Å². The van der Waals surface area contributed by atoms with Crippen LogP contribution in [0.3, 0.4) is 0 Å². The smallest absolute Gasteiger partial charge is 0.338 e. The number of carbonyl (C=O) groups is 1. The van der Waals surface area contributed by atoms with E-state index in [-0.39, 0.29) is 5.56 Å². The number of nitrogens with one attached hydrogen (secondary N) is 2. The second-order valence-electron chi connectivity index (χ2n) is 4.17. The van der Waals surface area contributed by atoms with Crippen LogP contribution in [0.2, 0.25) is 0 Å². The van der Waals surface area contributed by atoms with E-state index in [1.54, 1.807) is 6.07 Å². The molecule has 1 aliphatic heterocycles. The average Bonchev–Trinajstić information content (AvgIpc) is 2.32. The van der Waals surface area contributed by atoms with Gasteiger partial charge in [0.25, 0.3) is 0 Å². The molecule has 1 aromatic rings. The van der Waals surface area contributed by atoms with E-state index >= 15 is 0 Å². The normalized spacial score (nSPS) is 16.8. The Balaban J connectivity index is 2.10. The van der Waals surface area contributed by atoms with Crippen molar-refractivity contribution in [3.63, 3.8) is 0 Å². The summed E-state index contributed by atoms with van der Waals surface area (Å²) in [5.41, 5.74) is 0.375. The van der Waals surface area contributed by atoms with Crippen molar-refractivity contribution in [2.75, 3.05) is 18.4 Å². The fourth-order valence-corrected chi connectivity index (χ4v) is 1.98. The van der Waals surface area contributed by atoms with E-state index in [9.17, 15) is 9.18 Å². The Hall–Kier alpha value is -1.62. The lowest BCUT2D eigenvalue weighted by molar-refractivity contribution is 0.0692. The van der Waals surface area contributed by atoms with Crippen molar-refractivity contribution in [1.82, 2.24) is 5.32 Å². The molecule has 0 unspecified atom stereocenters. The Bertz CT molecular complexity index is 417. The topological polar surface area (TPSA) is 61.4 Å². The van der Waals surface area contributed by atoms with E-state index in [1.807, 2.05) is 0 Å². The van der Waals surface area contributed by atoms with Gasteiger partial charge in [0.1, 0.15) is 5.82 Å². The van der Waals surface area contributed by atoms with Gasteiger partial charge in [0.05, 0.1) is 5.56 Å². The second kappa shape index (κ2) is 5.14. The minimum absolute atomic E-state index is 0.288. The maximum atomic E-state index is 13.2. The van der Waals surface area contributed by atoms with Gasteiger partial charge in [-0.15, -0.1) is 0 Å². The van der Waals surface area contributed by atoms with Gasteiger partial charge in [0.2, 0.25) is 0 Å². The van der Waals surface area contributed by atoms with Crippen molar-refractivity contribution in [1.29, 1.82) is 0 Å². The van der Waals surface area contributed by atoms with E-state index < -0.39 is 11.8 Å². The van der Waals surface area contributed by atoms with Crippen molar-refractivity contribution in [3.8, 4) is 0 Å². The highest BCUT2D eigenvalue weighted by molar-refractivity contribution is 5.89. The fraction of sp³-hybridized carbons (Fsp3) is 0.417. The first-order valence-corrected chi connectivity index (χ1v) is 5.67. The van der Waals surface area contributed by atoms with Crippen LogP contribution in [0, 0.1) is 5.82 Å². The van der Waals surface area contributed by atoms with Gasteiger partial charge in [0, 0.05) is 11.7 Å². The van der Waals surface area contributed by atoms with Gasteiger partial charge in [0.15, 0.2) is 0 Å². The van der Waals surface area contributed by atoms with Crippen LogP contribution in [0.5, 0.6) is 0 Å². The molecule has 2 rings (SSSR count). The molecule has 92 valence electrons. The molecule has 1 fully saturated rings. The molecule has 1 aromatic carbocycles. The number of halogens is 1. The van der Waals surface area contributed by atoms with Gasteiger partial charge in [-0.3, -0.25) is 0 Å². The van der Waals surface area contributed by atoms with Crippen LogP contribution in [-0.4, -0.2) is 30.2 Å². The third-order valence-corrected chi connectivity index (χ3v) is 2.91. The van der Waals surface area contributed by atoms with Crippen LogP contribution >= 0.6 is 0 Å². The zero-order valence-corrected chi connectivity index (χ0v) is 9.37. The minimum Gasteiger partial charge on any atom is -0.478 e. The largest absolute Gasteiger partial charge is 0.478 e. The lowest BCUT2D eigenvalue weighted by Crippen LogP contribution is -2.35. The van der Waals surface area contributed by atoms with E-state index in [1.165, 1.54) is 12.1 Å². The Morgan fingerprint density at radius 3 is 2.76 bits per heavy atom. The molecule has 1 saturated heterocycles. The van der Waals surface area contributed by atoms with Crippen LogP contribution in [0.1, 0.15) is 23.2 Å². The standard InChI is InChI=1S/C12H15FN2O2/c13-11-2-1-9(7-10(11)12(16)17)15-8-3-5-14-6-4-8/h1-2,7-8,14-15H,3-6H2,(H,16,17). The van der Waals surface area contributed by atoms with Crippen molar-refractivity contribution in [3.05, 3.63) is 29.6 Å². The highest BCUT2D eigenvalue weighted by atomic mass is 19.1. The number of hydrogen-bond donors (Lipinski definition) is 3. The highest BCUT2D eigenvalue weighted by Gasteiger charge is 2.15. The molecule has 0 amide bonds. The van der Waals surface area contributed by atoms with E-state index in [0.717, 1.165) is 25.9 Å². The van der Waals surface area contributed by atoms with Gasteiger partial charge >= 0.3 is 5.97 Å². The summed E-state index contributed by atoms with van der Waals surface area (Å²) in [4.78, 5) is 10.8. The van der Waals surface area contributed by atoms with E-state index in [4.69, 9.17) is 5.11 Å². The predicted molar refractivity (Wildman–Crippen MR) is 62.9 cm³/mol. The number of anilines is 1. The number of carboxylic acids is 1. The molecule has 0 saturated carbocycles. The third-order valence-electron chi connectivity index (χ3n) is 2.91. The van der Waals surface area contributed by atoms with Gasteiger partial charge in [-0.05, 0) is 44.1 Å². The van der Waals surface area contributed by atoms with Crippen LogP contribution in [0.4, 0.5) is 10.1 Å². The molecule has 0 spiro atoms. The Morgan fingerprint density at radius 2 is 2.12 bits per heavy atom. The summed E-state index contributed by atoms with van der Waals surface area (Å²) in [6.07, 6.45) is 1.97. The number of aromatic carboxylic acids is 1. The minimum atomic E-state index is -1.24. The molecule has 0 aliphatic carbocycles. The zero-order chi connectivity index (χ0) is 12.3. The molecule has 0 atom stereocenters. The van der Waals surface area contributed by atoms with Crippen LogP contribution < -0.4 is 10.6 Å². The SMILES string of the molecule is O=C(O)c1cc(NC2CCNCC2)ccc1F. The Kier molecular flexibility index (Phi) is 3.58. The van der Waals surface area contributed by atoms with Crippen LogP contribution in [0.15, 0.2) is 18.2 Å². The van der Waals surface area contributed by atoms with E-state index in [0.29, 0.717) is 11.7 Å². The number of hydrogen-bond acceptors (Lipinski definition) is 3. The first-order valence-electron chi connectivity index (χ1n) is 5.67. The molecule has 3 N–H and O–H groups in total. The van der Waals surface area contributed by atoms with Gasteiger partial charge in [-0.25, -0.2) is 9.18 Å². The quantitative estimate of drug-likeness (QED) is 0.750. The molecule has 0 radical (unpaired) electrons. The lowest BCUT2D eigenvalue weighted by Gasteiger charge is -2.24. The fourth-order valence-electron chi connectivity index (χ4n) is 1.98. The lowest BCUT2D eigenvalue weighted by atomic mass is 10.1. The highest BCUT2D eigenvalue weighted by Crippen LogP contribution is 2.17. The van der Waals surface area contributed by atoms with E-state index in [2.05, 4.69) is 10.6 Å². The molecular formula is C12H15FN2O2. The molecular weight excluding hydrogens is 223 g/mol. The molecule has 5 heteroatoms. The molecule has 1 aliphatic rings. The van der Waals surface area contributed by atoms with Gasteiger partial charge in [-0.1, -0.05) is 0 Å². The maximum Gasteiger partial charge on any atom is 0.338 e. The summed E-state index contributed by atoms with van der Waals surface area (Å²) < 4.78 is 13.2. The Labute approximate surface area is 98.8 Å². The average molecular weight is 238 g/mol. The zero-order valence-electron chi connectivity index (χ0n) is 9.37. The van der Waals surface area contributed by atoms with Crippen LogP contribution in [-0.2, 0) is 0 Å². The van der Waals surface area contributed by atoms with Gasteiger partial charge < -0.3 is 15.7 Å². The molecule has 0 aromatic heterocycles. The maximum absolute atomic E-state index is 13.2. The number of piperidine rings is 1. The molecule has 4 nitrogen and oxygen atoms in total. The summed E-state index contributed by atoms with van der Waals surface area (Å²) in [6, 6.07) is 4.43. The summed E-state index contributed by atoms with van der Waals surface area (Å²) in [7, 11) is 0. The number of carboxylic acid groups (broad SMARTS) is 1. The summed E-state index contributed by atoms with van der Waals surface area (Å²) in [5.74, 6) is -1.94. The Morgan fingerprint density at radius 1 is 1.41 bits per heavy atom. The first kappa shape index (κ1) is 11.9. The van der Waals surface area contributed by atoms with Crippen molar-refractivity contribution in [2.24, 2.45) is 0 Å². The third kappa shape index (κ3) is 2.94. The van der Waals surface area contributed by atoms with Gasteiger partial charge in [-0.2, -0.15) is 0 Å². The molecule has 0 bridgehead atoms. The summed E-state index contributed by atoms with van der Waals surface area (Å²) in [6.45, 7) is 1.90. The van der Waals surface area contributed by atoms with Crippen molar-refractivity contribution >= 4 is 11.7 Å². The molecule has 17 heavy (non-hydrogen) atoms. The summed E-state index contributed by atoms with van der Waals surface area (Å²) in [5, 5.41) is 15.3. The molecule has 1 heterocycles. The number of rotatable bonds is 3. The number of benzene rings is 1. The predicted octanol–water partition coefficient (Wildman–Crippen LogP) is 1.69. The van der Waals surface area contributed by atoms with Crippen molar-refractivity contribution in [2.45, 2.75) is 18.9 Å². The second-order valence-corrected chi connectivity index (χ2v) is 4.17. The summed E-state index contributed by atoms with van der Waals surface area (Å²) >= 11 is 0.